The van der Waals surface area contributed by atoms with Crippen molar-refractivity contribution in [2.45, 2.75) is 38.5 Å². The highest BCUT2D eigenvalue weighted by atomic mass is 14.6. The maximum absolute atomic E-state index is 5.74. The lowest BCUT2D eigenvalue weighted by Gasteiger charge is -2.34. The van der Waals surface area contributed by atoms with Crippen molar-refractivity contribution in [1.82, 2.24) is 0 Å². The van der Waals surface area contributed by atoms with Crippen molar-refractivity contribution in [3.63, 3.8) is 0 Å². The number of hydrogen-bond acceptors (Lipinski definition) is 1. The zero-order chi connectivity index (χ0) is 7.68. The first-order valence-corrected chi connectivity index (χ1v) is 5.12. The molecule has 2 N–H and O–H groups in total. The number of nitrogens with two attached hydrogens (primary N) is 1. The summed E-state index contributed by atoms with van der Waals surface area (Å²) >= 11 is 0. The van der Waals surface area contributed by atoms with Gasteiger partial charge in [0.15, 0.2) is 0 Å². The van der Waals surface area contributed by atoms with E-state index in [0.717, 1.165) is 24.3 Å². The lowest BCUT2D eigenvalue weighted by atomic mass is 9.72. The molecule has 0 radical (unpaired) electrons. The lowest BCUT2D eigenvalue weighted by molar-refractivity contribution is 0.169. The molecule has 1 nitrogen and oxygen atoms in total. The van der Waals surface area contributed by atoms with Gasteiger partial charge in [0.1, 0.15) is 0 Å². The molecule has 0 saturated heterocycles. The number of hydrogen-bond donors (Lipinski definition) is 1. The van der Waals surface area contributed by atoms with E-state index in [4.69, 9.17) is 5.73 Å². The average Bonchev–Trinajstić information content (AvgIpc) is 2.32. The second-order valence-corrected chi connectivity index (χ2v) is 4.28. The third-order valence-electron chi connectivity index (χ3n) is 3.78. The summed E-state index contributed by atoms with van der Waals surface area (Å²) < 4.78 is 0. The molecule has 11 heavy (non-hydrogen) atoms. The highest BCUT2D eigenvalue weighted by molar-refractivity contribution is 4.86. The van der Waals surface area contributed by atoms with E-state index in [1.807, 2.05) is 0 Å². The van der Waals surface area contributed by atoms with Crippen molar-refractivity contribution in [2.24, 2.45) is 23.5 Å². The van der Waals surface area contributed by atoms with Crippen LogP contribution < -0.4 is 5.73 Å². The summed E-state index contributed by atoms with van der Waals surface area (Å²) in [5.41, 5.74) is 5.74. The van der Waals surface area contributed by atoms with E-state index in [1.54, 1.807) is 0 Å². The zero-order valence-electron chi connectivity index (χ0n) is 7.26. The van der Waals surface area contributed by atoms with Crippen LogP contribution in [0.4, 0.5) is 0 Å². The first-order chi connectivity index (χ1) is 5.42. The fourth-order valence-corrected chi connectivity index (χ4v) is 2.85. The van der Waals surface area contributed by atoms with E-state index in [1.165, 1.54) is 38.5 Å². The van der Waals surface area contributed by atoms with Gasteiger partial charge in [0, 0.05) is 0 Å². The van der Waals surface area contributed by atoms with Gasteiger partial charge in [-0.05, 0) is 37.1 Å². The summed E-state index contributed by atoms with van der Waals surface area (Å²) in [6, 6.07) is 0. The van der Waals surface area contributed by atoms with Crippen LogP contribution in [0, 0.1) is 17.8 Å². The molecule has 0 aromatic heterocycles. The van der Waals surface area contributed by atoms with Gasteiger partial charge < -0.3 is 5.73 Å². The molecular formula is C10H19N. The third-order valence-corrected chi connectivity index (χ3v) is 3.78. The molecule has 0 amide bonds. The molecule has 1 heteroatoms. The van der Waals surface area contributed by atoms with E-state index >= 15 is 0 Å². The second kappa shape index (κ2) is 3.14. The largest absolute Gasteiger partial charge is 0.330 e. The topological polar surface area (TPSA) is 26.0 Å². The van der Waals surface area contributed by atoms with Crippen molar-refractivity contribution >= 4 is 0 Å². The minimum Gasteiger partial charge on any atom is -0.330 e. The summed E-state index contributed by atoms with van der Waals surface area (Å²) in [6.45, 7) is 0.946. The summed E-state index contributed by atoms with van der Waals surface area (Å²) in [6.07, 6.45) is 8.83. The second-order valence-electron chi connectivity index (χ2n) is 4.28. The Morgan fingerprint density at radius 2 is 1.73 bits per heavy atom. The van der Waals surface area contributed by atoms with Crippen LogP contribution in [-0.4, -0.2) is 6.54 Å². The Bertz CT molecular complexity index is 129. The minimum atomic E-state index is 0.889. The van der Waals surface area contributed by atoms with Crippen LogP contribution in [0.2, 0.25) is 0 Å². The standard InChI is InChI=1S/C10H19N/c11-7-9-5-2-6-10(9)8-3-1-4-8/h8-10H,1-7,11H2. The first-order valence-electron chi connectivity index (χ1n) is 5.12. The van der Waals surface area contributed by atoms with Crippen molar-refractivity contribution in [3.05, 3.63) is 0 Å². The molecule has 2 aliphatic carbocycles. The van der Waals surface area contributed by atoms with Crippen molar-refractivity contribution in [1.29, 1.82) is 0 Å². The lowest BCUT2D eigenvalue weighted by Crippen LogP contribution is -2.28. The Kier molecular flexibility index (Phi) is 2.17. The monoisotopic (exact) mass is 153 g/mol. The summed E-state index contributed by atoms with van der Waals surface area (Å²) in [7, 11) is 0. The third kappa shape index (κ3) is 1.31. The van der Waals surface area contributed by atoms with E-state index in [-0.39, 0.29) is 0 Å². The van der Waals surface area contributed by atoms with Crippen LogP contribution in [0.3, 0.4) is 0 Å². The van der Waals surface area contributed by atoms with Crippen LogP contribution >= 0.6 is 0 Å². The van der Waals surface area contributed by atoms with Crippen LogP contribution in [-0.2, 0) is 0 Å². The molecule has 2 atom stereocenters. The minimum absolute atomic E-state index is 0.889. The molecule has 2 saturated carbocycles. The van der Waals surface area contributed by atoms with Crippen LogP contribution in [0.5, 0.6) is 0 Å². The Hall–Kier alpha value is -0.0400. The maximum atomic E-state index is 5.74. The molecule has 0 bridgehead atoms. The highest BCUT2D eigenvalue weighted by Crippen LogP contribution is 2.44. The molecule has 0 aromatic rings. The summed E-state index contributed by atoms with van der Waals surface area (Å²) in [4.78, 5) is 0. The van der Waals surface area contributed by atoms with Crippen molar-refractivity contribution < 1.29 is 0 Å². The van der Waals surface area contributed by atoms with Crippen LogP contribution in [0.15, 0.2) is 0 Å². The molecule has 0 aromatic carbocycles. The maximum Gasteiger partial charge on any atom is -0.00461 e. The van der Waals surface area contributed by atoms with Gasteiger partial charge in [-0.1, -0.05) is 25.7 Å². The quantitative estimate of drug-likeness (QED) is 0.646. The fourth-order valence-electron chi connectivity index (χ4n) is 2.85. The SMILES string of the molecule is NCC1CCCC1C1CCC1. The van der Waals surface area contributed by atoms with Crippen LogP contribution in [0.25, 0.3) is 0 Å². The van der Waals surface area contributed by atoms with E-state index in [9.17, 15) is 0 Å². The highest BCUT2D eigenvalue weighted by Gasteiger charge is 2.35. The molecule has 0 spiro atoms. The van der Waals surface area contributed by atoms with Gasteiger partial charge in [-0.3, -0.25) is 0 Å². The molecule has 2 rings (SSSR count). The van der Waals surface area contributed by atoms with Gasteiger partial charge in [0.25, 0.3) is 0 Å². The molecule has 0 heterocycles. The van der Waals surface area contributed by atoms with Crippen molar-refractivity contribution in [2.75, 3.05) is 6.54 Å². The van der Waals surface area contributed by atoms with Gasteiger partial charge in [0.2, 0.25) is 0 Å². The first kappa shape index (κ1) is 7.60. The van der Waals surface area contributed by atoms with E-state index in [0.29, 0.717) is 0 Å². The molecular weight excluding hydrogens is 134 g/mol. The zero-order valence-corrected chi connectivity index (χ0v) is 7.26. The van der Waals surface area contributed by atoms with Crippen molar-refractivity contribution in [3.8, 4) is 0 Å². The predicted octanol–water partition coefficient (Wildman–Crippen LogP) is 2.16. The number of rotatable bonds is 2. The van der Waals surface area contributed by atoms with Gasteiger partial charge >= 0.3 is 0 Å². The summed E-state index contributed by atoms with van der Waals surface area (Å²) in [5, 5.41) is 0. The van der Waals surface area contributed by atoms with E-state index in [2.05, 4.69) is 0 Å². The summed E-state index contributed by atoms with van der Waals surface area (Å²) in [5.74, 6) is 2.99. The normalized spacial score (nSPS) is 39.0. The van der Waals surface area contributed by atoms with Gasteiger partial charge in [-0.25, -0.2) is 0 Å². The Morgan fingerprint density at radius 3 is 2.27 bits per heavy atom. The smallest absolute Gasteiger partial charge is 0.00461 e. The Labute approximate surface area is 69.4 Å². The average molecular weight is 153 g/mol. The molecule has 2 aliphatic rings. The molecule has 2 fully saturated rings. The fraction of sp³-hybridized carbons (Fsp3) is 1.00. The van der Waals surface area contributed by atoms with Crippen LogP contribution in [0.1, 0.15) is 38.5 Å². The molecule has 2 unspecified atom stereocenters. The van der Waals surface area contributed by atoms with Gasteiger partial charge in [-0.15, -0.1) is 0 Å². The Balaban J connectivity index is 1.89. The van der Waals surface area contributed by atoms with Gasteiger partial charge in [0.05, 0.1) is 0 Å². The molecule has 64 valence electrons. The predicted molar refractivity (Wildman–Crippen MR) is 47.2 cm³/mol. The molecule has 0 aliphatic heterocycles. The Morgan fingerprint density at radius 1 is 1.00 bits per heavy atom. The van der Waals surface area contributed by atoms with Gasteiger partial charge in [-0.2, -0.15) is 0 Å². The van der Waals surface area contributed by atoms with E-state index < -0.39 is 0 Å².